The fourth-order valence-electron chi connectivity index (χ4n) is 13.7. The molecule has 9 aliphatic rings. The standard InChI is InChI=1S/C44H68O18/c1-17-15-56-44(13-27(17)58-40-37(54)35(52)33(50)28(14-45)59-40)18(2)30-26(62-44)12-24-22-7-6-20-10-21(46)11-29(43(20,5)23(22)8-9-42(24,30)4)60-41-38(32(49)25(47)16-55-41)61-39-36(53)34(51)31(48)19(3)57-39/h6,18-19,21-41,45-54H,1,7-16H2,2-5H3. The highest BCUT2D eigenvalue weighted by molar-refractivity contribution is 5.29. The summed E-state index contributed by atoms with van der Waals surface area (Å²) in [6.07, 6.45) is -14.7. The van der Waals surface area contributed by atoms with E-state index < -0.39 is 122 Å². The second-order valence-corrected chi connectivity index (χ2v) is 20.4. The molecule has 4 aliphatic carbocycles. The maximum Gasteiger partial charge on any atom is 0.187 e. The minimum absolute atomic E-state index is 0.0552. The maximum atomic E-state index is 11.3. The number of aliphatic hydroxyl groups excluding tert-OH is 10. The van der Waals surface area contributed by atoms with E-state index in [-0.39, 0.29) is 67.2 Å². The molecule has 9 rings (SSSR count). The van der Waals surface area contributed by atoms with Crippen molar-refractivity contribution in [3.8, 4) is 0 Å². The zero-order valence-electron chi connectivity index (χ0n) is 35.9. The molecule has 18 nitrogen and oxygen atoms in total. The molecular weight excluding hydrogens is 816 g/mol. The second kappa shape index (κ2) is 16.8. The van der Waals surface area contributed by atoms with Gasteiger partial charge in [0.1, 0.15) is 61.0 Å². The molecule has 5 heterocycles. The van der Waals surface area contributed by atoms with Crippen LogP contribution in [0.2, 0.25) is 0 Å². The quantitative estimate of drug-likeness (QED) is 0.133. The summed E-state index contributed by atoms with van der Waals surface area (Å²) in [4.78, 5) is 0. The summed E-state index contributed by atoms with van der Waals surface area (Å²) >= 11 is 0. The second-order valence-electron chi connectivity index (χ2n) is 20.4. The Kier molecular flexibility index (Phi) is 12.5. The number of ether oxygens (including phenoxy) is 8. The predicted molar refractivity (Wildman–Crippen MR) is 211 cm³/mol. The largest absolute Gasteiger partial charge is 0.394 e. The van der Waals surface area contributed by atoms with Gasteiger partial charge in [-0.05, 0) is 73.7 Å². The summed E-state index contributed by atoms with van der Waals surface area (Å²) in [5, 5.41) is 106. The van der Waals surface area contributed by atoms with Gasteiger partial charge in [-0.25, -0.2) is 0 Å². The molecule has 5 aliphatic heterocycles. The number of aliphatic hydroxyl groups is 10. The minimum Gasteiger partial charge on any atom is -0.394 e. The van der Waals surface area contributed by atoms with Crippen molar-refractivity contribution in [2.45, 2.75) is 189 Å². The monoisotopic (exact) mass is 884 g/mol. The molecule has 0 amide bonds. The number of rotatable bonds is 7. The summed E-state index contributed by atoms with van der Waals surface area (Å²) < 4.78 is 50.1. The van der Waals surface area contributed by atoms with Crippen molar-refractivity contribution in [1.29, 1.82) is 0 Å². The number of hydrogen-bond donors (Lipinski definition) is 10. The molecule has 1 spiro atoms. The molecule has 0 aromatic heterocycles. The summed E-state index contributed by atoms with van der Waals surface area (Å²) in [6, 6.07) is 0. The Hall–Kier alpha value is -1.24. The van der Waals surface area contributed by atoms with Crippen molar-refractivity contribution in [2.24, 2.45) is 40.4 Å². The Bertz CT molecular complexity index is 1680. The minimum atomic E-state index is -1.66. The van der Waals surface area contributed by atoms with Gasteiger partial charge in [0.05, 0.1) is 50.3 Å². The topological polar surface area (TPSA) is 276 Å². The summed E-state index contributed by atoms with van der Waals surface area (Å²) in [5.41, 5.74) is 1.07. The smallest absolute Gasteiger partial charge is 0.187 e. The molecule has 26 atom stereocenters. The van der Waals surface area contributed by atoms with E-state index in [1.165, 1.54) is 6.92 Å². The highest BCUT2D eigenvalue weighted by Gasteiger charge is 2.70. The van der Waals surface area contributed by atoms with Crippen molar-refractivity contribution in [1.82, 2.24) is 0 Å². The van der Waals surface area contributed by atoms with Crippen molar-refractivity contribution >= 4 is 0 Å². The Morgan fingerprint density at radius 2 is 1.52 bits per heavy atom. The van der Waals surface area contributed by atoms with Gasteiger partial charge < -0.3 is 89.0 Å². The summed E-state index contributed by atoms with van der Waals surface area (Å²) in [6.45, 7) is 11.8. The van der Waals surface area contributed by atoms with Crippen LogP contribution in [0.5, 0.6) is 0 Å². The van der Waals surface area contributed by atoms with E-state index in [0.29, 0.717) is 12.0 Å². The molecule has 62 heavy (non-hydrogen) atoms. The van der Waals surface area contributed by atoms with Gasteiger partial charge in [0, 0.05) is 24.2 Å². The van der Waals surface area contributed by atoms with Crippen LogP contribution in [0.1, 0.15) is 72.6 Å². The average molecular weight is 885 g/mol. The molecule has 0 aromatic carbocycles. The molecule has 26 unspecified atom stereocenters. The molecule has 18 heteroatoms. The van der Waals surface area contributed by atoms with Crippen LogP contribution in [0.4, 0.5) is 0 Å². The van der Waals surface area contributed by atoms with E-state index in [1.54, 1.807) is 0 Å². The molecule has 5 saturated heterocycles. The Morgan fingerprint density at radius 3 is 2.24 bits per heavy atom. The zero-order chi connectivity index (χ0) is 44.4. The number of allylic oxidation sites excluding steroid dienone is 1. The van der Waals surface area contributed by atoms with Crippen LogP contribution in [0.3, 0.4) is 0 Å². The van der Waals surface area contributed by atoms with E-state index in [1.807, 2.05) is 0 Å². The molecule has 0 aromatic rings. The van der Waals surface area contributed by atoms with Gasteiger partial charge >= 0.3 is 0 Å². The molecule has 10 N–H and O–H groups in total. The van der Waals surface area contributed by atoms with Gasteiger partial charge in [-0.15, -0.1) is 0 Å². The SMILES string of the molecule is C=C1COC2(CC1OC1OC(CO)C(O)C(O)C1O)OC1CC3C4CC=C5CC(O)CC(OC6OCC(O)C(O)C6OC6OC(C)C(O)C(O)C6O)C5(C)C4CCC3(C)C1C2C. The molecule has 0 bridgehead atoms. The van der Waals surface area contributed by atoms with Gasteiger partial charge in [-0.1, -0.05) is 39.0 Å². The fourth-order valence-corrected chi connectivity index (χ4v) is 13.7. The van der Waals surface area contributed by atoms with Gasteiger partial charge in [0.15, 0.2) is 24.7 Å². The maximum absolute atomic E-state index is 11.3. The summed E-state index contributed by atoms with van der Waals surface area (Å²) in [5.74, 6) is -0.220. The van der Waals surface area contributed by atoms with Crippen LogP contribution in [0, 0.1) is 40.4 Å². The Morgan fingerprint density at radius 1 is 0.806 bits per heavy atom. The lowest BCUT2D eigenvalue weighted by Crippen LogP contribution is -2.63. The third-order valence-corrected chi connectivity index (χ3v) is 17.2. The number of fused-ring (bicyclic) bond motifs is 7. The van der Waals surface area contributed by atoms with Crippen LogP contribution in [-0.4, -0.2) is 187 Å². The normalized spacial score (nSPS) is 57.7. The lowest BCUT2D eigenvalue weighted by Gasteiger charge is -2.60. The van der Waals surface area contributed by atoms with Crippen LogP contribution in [0.15, 0.2) is 23.8 Å². The van der Waals surface area contributed by atoms with E-state index in [0.717, 1.165) is 31.3 Å². The van der Waals surface area contributed by atoms with Crippen LogP contribution in [0.25, 0.3) is 0 Å². The fraction of sp³-hybridized carbons (Fsp3) is 0.909. The molecule has 0 radical (unpaired) electrons. The molecule has 352 valence electrons. The lowest BCUT2D eigenvalue weighted by atomic mass is 9.46. The molecule has 8 fully saturated rings. The molecular formula is C44H68O18. The van der Waals surface area contributed by atoms with Gasteiger partial charge in [-0.2, -0.15) is 0 Å². The van der Waals surface area contributed by atoms with Crippen molar-refractivity contribution in [3.05, 3.63) is 23.8 Å². The van der Waals surface area contributed by atoms with Crippen molar-refractivity contribution in [3.63, 3.8) is 0 Å². The van der Waals surface area contributed by atoms with Crippen LogP contribution < -0.4 is 0 Å². The molecule has 3 saturated carbocycles. The first kappa shape index (κ1) is 45.9. The first-order valence-corrected chi connectivity index (χ1v) is 22.6. The highest BCUT2D eigenvalue weighted by atomic mass is 16.8. The Balaban J connectivity index is 0.922. The van der Waals surface area contributed by atoms with Crippen LogP contribution >= 0.6 is 0 Å². The van der Waals surface area contributed by atoms with E-state index in [2.05, 4.69) is 33.4 Å². The first-order chi connectivity index (χ1) is 29.3. The highest BCUT2D eigenvalue weighted by Crippen LogP contribution is 2.71. The van der Waals surface area contributed by atoms with Gasteiger partial charge in [0.25, 0.3) is 0 Å². The van der Waals surface area contributed by atoms with E-state index in [4.69, 9.17) is 37.9 Å². The third kappa shape index (κ3) is 7.22. The Labute approximate surface area is 361 Å². The van der Waals surface area contributed by atoms with E-state index in [9.17, 15) is 51.1 Å². The van der Waals surface area contributed by atoms with Gasteiger partial charge in [-0.3, -0.25) is 0 Å². The third-order valence-electron chi connectivity index (χ3n) is 17.2. The van der Waals surface area contributed by atoms with Crippen molar-refractivity contribution in [2.75, 3.05) is 19.8 Å². The lowest BCUT2D eigenvalue weighted by molar-refractivity contribution is -0.362. The average Bonchev–Trinajstić information content (AvgIpc) is 3.69. The predicted octanol–water partition coefficient (Wildman–Crippen LogP) is -1.29. The first-order valence-electron chi connectivity index (χ1n) is 22.6. The zero-order valence-corrected chi connectivity index (χ0v) is 35.9. The van der Waals surface area contributed by atoms with Crippen LogP contribution in [-0.2, 0) is 37.9 Å². The van der Waals surface area contributed by atoms with Crippen molar-refractivity contribution < 1.29 is 89.0 Å². The van der Waals surface area contributed by atoms with E-state index >= 15 is 0 Å². The number of hydrogen-bond acceptors (Lipinski definition) is 18. The van der Waals surface area contributed by atoms with Gasteiger partial charge in [0.2, 0.25) is 0 Å². The summed E-state index contributed by atoms with van der Waals surface area (Å²) in [7, 11) is 0.